The molecular formula is C15H14O4. The Morgan fingerprint density at radius 3 is 2.32 bits per heavy atom. The quantitative estimate of drug-likeness (QED) is 0.625. The molecule has 1 aromatic carbocycles. The highest BCUT2D eigenvalue weighted by Crippen LogP contribution is 2.13. The van der Waals surface area contributed by atoms with E-state index in [0.29, 0.717) is 0 Å². The van der Waals surface area contributed by atoms with Crippen molar-refractivity contribution in [1.29, 1.82) is 0 Å². The SMILES string of the molecule is COC(=O)c1ccc(C(=O)Cc2ccc(C)cc2)o1. The largest absolute Gasteiger partial charge is 0.463 e. The van der Waals surface area contributed by atoms with Gasteiger partial charge < -0.3 is 9.15 Å². The van der Waals surface area contributed by atoms with Gasteiger partial charge in [-0.15, -0.1) is 0 Å². The topological polar surface area (TPSA) is 56.5 Å². The van der Waals surface area contributed by atoms with Crippen LogP contribution in [0.5, 0.6) is 0 Å². The average Bonchev–Trinajstić information content (AvgIpc) is 2.90. The van der Waals surface area contributed by atoms with Gasteiger partial charge in [-0.25, -0.2) is 4.79 Å². The maximum atomic E-state index is 12.0. The van der Waals surface area contributed by atoms with Crippen LogP contribution >= 0.6 is 0 Å². The number of hydrogen-bond donors (Lipinski definition) is 0. The van der Waals surface area contributed by atoms with Gasteiger partial charge in [-0.05, 0) is 24.6 Å². The minimum Gasteiger partial charge on any atom is -0.463 e. The van der Waals surface area contributed by atoms with Crippen molar-refractivity contribution in [1.82, 2.24) is 0 Å². The molecular weight excluding hydrogens is 244 g/mol. The fourth-order valence-corrected chi connectivity index (χ4v) is 1.68. The highest BCUT2D eigenvalue weighted by molar-refractivity contribution is 5.96. The maximum Gasteiger partial charge on any atom is 0.373 e. The van der Waals surface area contributed by atoms with Gasteiger partial charge in [0.25, 0.3) is 0 Å². The van der Waals surface area contributed by atoms with E-state index in [1.54, 1.807) is 0 Å². The third kappa shape index (κ3) is 3.10. The lowest BCUT2D eigenvalue weighted by Gasteiger charge is -2.00. The van der Waals surface area contributed by atoms with Crippen molar-refractivity contribution in [3.8, 4) is 0 Å². The monoisotopic (exact) mass is 258 g/mol. The molecule has 0 fully saturated rings. The normalized spacial score (nSPS) is 10.2. The molecule has 1 aromatic heterocycles. The summed E-state index contributed by atoms with van der Waals surface area (Å²) in [5, 5.41) is 0. The summed E-state index contributed by atoms with van der Waals surface area (Å²) in [6.07, 6.45) is 0.244. The van der Waals surface area contributed by atoms with Crippen LogP contribution in [-0.2, 0) is 11.2 Å². The van der Waals surface area contributed by atoms with Crippen LogP contribution in [0.25, 0.3) is 0 Å². The van der Waals surface area contributed by atoms with E-state index in [4.69, 9.17) is 4.42 Å². The number of hydrogen-bond acceptors (Lipinski definition) is 4. The molecule has 19 heavy (non-hydrogen) atoms. The molecule has 2 aromatic rings. The first-order valence-electron chi connectivity index (χ1n) is 5.87. The lowest BCUT2D eigenvalue weighted by atomic mass is 10.1. The average molecular weight is 258 g/mol. The molecule has 0 aliphatic rings. The number of ether oxygens (including phenoxy) is 1. The van der Waals surface area contributed by atoms with Crippen LogP contribution in [0, 0.1) is 6.92 Å². The van der Waals surface area contributed by atoms with E-state index in [1.165, 1.54) is 19.2 Å². The van der Waals surface area contributed by atoms with Crippen molar-refractivity contribution in [3.05, 3.63) is 59.0 Å². The van der Waals surface area contributed by atoms with E-state index in [9.17, 15) is 9.59 Å². The summed E-state index contributed by atoms with van der Waals surface area (Å²) in [6.45, 7) is 1.99. The number of Topliss-reactive ketones (excluding diaryl/α,β-unsaturated/α-hetero) is 1. The molecule has 2 rings (SSSR count). The van der Waals surface area contributed by atoms with Crippen molar-refractivity contribution >= 4 is 11.8 Å². The molecule has 0 saturated carbocycles. The summed E-state index contributed by atoms with van der Waals surface area (Å²) in [5.74, 6) is -0.552. The Bertz CT molecular complexity index is 593. The van der Waals surface area contributed by atoms with Gasteiger partial charge in [0, 0.05) is 6.42 Å². The van der Waals surface area contributed by atoms with Crippen LogP contribution in [0.15, 0.2) is 40.8 Å². The summed E-state index contributed by atoms with van der Waals surface area (Å²) in [5.41, 5.74) is 2.05. The van der Waals surface area contributed by atoms with E-state index in [0.717, 1.165) is 11.1 Å². The van der Waals surface area contributed by atoms with Gasteiger partial charge in [0.1, 0.15) is 0 Å². The number of ketones is 1. The Labute approximate surface area is 111 Å². The van der Waals surface area contributed by atoms with E-state index in [-0.39, 0.29) is 23.7 Å². The molecule has 98 valence electrons. The van der Waals surface area contributed by atoms with Gasteiger partial charge in [0.15, 0.2) is 5.76 Å². The predicted octanol–water partition coefficient (Wildman–Crippen LogP) is 2.80. The van der Waals surface area contributed by atoms with Crippen molar-refractivity contribution in [2.75, 3.05) is 7.11 Å². The Balaban J connectivity index is 2.09. The van der Waals surface area contributed by atoms with E-state index in [2.05, 4.69) is 4.74 Å². The smallest absolute Gasteiger partial charge is 0.373 e. The number of esters is 1. The number of benzene rings is 1. The molecule has 1 heterocycles. The van der Waals surface area contributed by atoms with Gasteiger partial charge in [0.2, 0.25) is 11.5 Å². The fourth-order valence-electron chi connectivity index (χ4n) is 1.68. The maximum absolute atomic E-state index is 12.0. The van der Waals surface area contributed by atoms with Gasteiger partial charge in [-0.1, -0.05) is 29.8 Å². The van der Waals surface area contributed by atoms with Crippen LogP contribution in [0.3, 0.4) is 0 Å². The van der Waals surface area contributed by atoms with Gasteiger partial charge in [-0.3, -0.25) is 4.79 Å². The van der Waals surface area contributed by atoms with E-state index < -0.39 is 5.97 Å². The molecule has 0 bridgehead atoms. The number of methoxy groups -OCH3 is 1. The number of carbonyl (C=O) groups is 2. The second-order valence-corrected chi connectivity index (χ2v) is 4.24. The summed E-state index contributed by atoms with van der Waals surface area (Å²) in [6, 6.07) is 10.6. The van der Waals surface area contributed by atoms with Crippen LogP contribution in [0.4, 0.5) is 0 Å². The van der Waals surface area contributed by atoms with Gasteiger partial charge in [-0.2, -0.15) is 0 Å². The van der Waals surface area contributed by atoms with E-state index in [1.807, 2.05) is 31.2 Å². The van der Waals surface area contributed by atoms with Gasteiger partial charge >= 0.3 is 5.97 Å². The molecule has 4 heteroatoms. The Morgan fingerprint density at radius 1 is 1.05 bits per heavy atom. The predicted molar refractivity (Wildman–Crippen MR) is 69.3 cm³/mol. The second kappa shape index (κ2) is 5.52. The molecule has 0 aliphatic heterocycles. The number of rotatable bonds is 4. The number of carbonyl (C=O) groups excluding carboxylic acids is 2. The highest BCUT2D eigenvalue weighted by Gasteiger charge is 2.16. The minimum absolute atomic E-state index is 0.0368. The summed E-state index contributed by atoms with van der Waals surface area (Å²) in [7, 11) is 1.26. The van der Waals surface area contributed by atoms with Crippen LogP contribution in [0.2, 0.25) is 0 Å². The zero-order chi connectivity index (χ0) is 13.8. The zero-order valence-corrected chi connectivity index (χ0v) is 10.8. The van der Waals surface area contributed by atoms with Crippen LogP contribution < -0.4 is 0 Å². The Hall–Kier alpha value is -2.36. The first-order chi connectivity index (χ1) is 9.10. The van der Waals surface area contributed by atoms with Crippen molar-refractivity contribution in [3.63, 3.8) is 0 Å². The van der Waals surface area contributed by atoms with Crippen molar-refractivity contribution in [2.45, 2.75) is 13.3 Å². The zero-order valence-electron chi connectivity index (χ0n) is 10.8. The Kier molecular flexibility index (Phi) is 3.80. The lowest BCUT2D eigenvalue weighted by molar-refractivity contribution is 0.0563. The molecule has 0 atom stereocenters. The first kappa shape index (κ1) is 13.1. The summed E-state index contributed by atoms with van der Waals surface area (Å²) >= 11 is 0. The molecule has 0 N–H and O–H groups in total. The fraction of sp³-hybridized carbons (Fsp3) is 0.200. The summed E-state index contributed by atoms with van der Waals surface area (Å²) in [4.78, 5) is 23.2. The van der Waals surface area contributed by atoms with E-state index >= 15 is 0 Å². The summed E-state index contributed by atoms with van der Waals surface area (Å²) < 4.78 is 9.69. The van der Waals surface area contributed by atoms with Crippen LogP contribution in [-0.4, -0.2) is 18.9 Å². The van der Waals surface area contributed by atoms with Gasteiger partial charge in [0.05, 0.1) is 7.11 Å². The highest BCUT2D eigenvalue weighted by atomic mass is 16.5. The Morgan fingerprint density at radius 2 is 1.68 bits per heavy atom. The molecule has 4 nitrogen and oxygen atoms in total. The van der Waals surface area contributed by atoms with Crippen LogP contribution in [0.1, 0.15) is 32.2 Å². The van der Waals surface area contributed by atoms with Crippen molar-refractivity contribution < 1.29 is 18.7 Å². The number of aryl methyl sites for hydroxylation is 1. The second-order valence-electron chi connectivity index (χ2n) is 4.24. The molecule has 0 aliphatic carbocycles. The third-order valence-corrected chi connectivity index (χ3v) is 2.75. The van der Waals surface area contributed by atoms with Crippen molar-refractivity contribution in [2.24, 2.45) is 0 Å². The standard InChI is InChI=1S/C15H14O4/c1-10-3-5-11(6-4-10)9-12(16)13-7-8-14(19-13)15(17)18-2/h3-8H,9H2,1-2H3. The lowest BCUT2D eigenvalue weighted by Crippen LogP contribution is -2.03. The third-order valence-electron chi connectivity index (χ3n) is 2.75. The molecule has 0 radical (unpaired) electrons. The molecule has 0 saturated heterocycles. The molecule has 0 unspecified atom stereocenters. The molecule has 0 amide bonds. The first-order valence-corrected chi connectivity index (χ1v) is 5.87. The molecule has 0 spiro atoms. The number of furan rings is 1. The minimum atomic E-state index is -0.589.